The second-order valence-electron chi connectivity index (χ2n) is 11.8. The maximum absolute atomic E-state index is 12.2. The Hall–Kier alpha value is -5.00. The summed E-state index contributed by atoms with van der Waals surface area (Å²) in [4.78, 5) is 39.8. The minimum absolute atomic E-state index is 0.251. The number of anilines is 3. The molecular formula is C32H37N7O5. The second-order valence-corrected chi connectivity index (χ2v) is 11.8. The zero-order valence-electron chi connectivity index (χ0n) is 25.3. The lowest BCUT2D eigenvalue weighted by Gasteiger charge is -2.27. The smallest absolute Gasteiger partial charge is 0.412 e. The van der Waals surface area contributed by atoms with E-state index in [1.807, 2.05) is 25.1 Å². The third-order valence-corrected chi connectivity index (χ3v) is 7.08. The average molecular weight is 600 g/mol. The van der Waals surface area contributed by atoms with Crippen LogP contribution in [0.3, 0.4) is 0 Å². The first kappa shape index (κ1) is 30.5. The number of carbonyl (C=O) groups is 2. The number of piperidine rings is 1. The number of carboxylic acids is 1. The maximum Gasteiger partial charge on any atom is 0.412 e. The van der Waals surface area contributed by atoms with E-state index in [1.54, 1.807) is 57.3 Å². The Balaban J connectivity index is 1.24. The van der Waals surface area contributed by atoms with Crippen LogP contribution < -0.4 is 15.5 Å². The van der Waals surface area contributed by atoms with Gasteiger partial charge in [0.2, 0.25) is 11.8 Å². The van der Waals surface area contributed by atoms with Crippen LogP contribution in [0.2, 0.25) is 0 Å². The summed E-state index contributed by atoms with van der Waals surface area (Å²) in [6.07, 6.45) is 4.77. The van der Waals surface area contributed by atoms with E-state index in [0.29, 0.717) is 34.7 Å². The Labute approximate surface area is 255 Å². The fraction of sp³-hybridized carbons (Fsp3) is 0.375. The highest BCUT2D eigenvalue weighted by molar-refractivity contribution is 5.85. The molecule has 4 aromatic rings. The van der Waals surface area contributed by atoms with Gasteiger partial charge in [0.05, 0.1) is 0 Å². The number of hydrogen-bond acceptors (Lipinski definition) is 10. The van der Waals surface area contributed by atoms with E-state index in [-0.39, 0.29) is 6.42 Å². The monoisotopic (exact) mass is 599 g/mol. The molecule has 2 aromatic carbocycles. The van der Waals surface area contributed by atoms with Gasteiger partial charge in [0.1, 0.15) is 17.5 Å². The molecular weight excluding hydrogens is 562 g/mol. The lowest BCUT2D eigenvalue weighted by molar-refractivity contribution is -0.137. The number of rotatable bonds is 9. The highest BCUT2D eigenvalue weighted by Crippen LogP contribution is 2.27. The van der Waals surface area contributed by atoms with E-state index in [1.165, 1.54) is 6.42 Å². The summed E-state index contributed by atoms with van der Waals surface area (Å²) < 4.78 is 10.8. The molecule has 0 spiro atoms. The summed E-state index contributed by atoms with van der Waals surface area (Å²) >= 11 is 0. The van der Waals surface area contributed by atoms with Gasteiger partial charge in [-0.2, -0.15) is 9.97 Å². The number of carbonyl (C=O) groups excluding carboxylic acids is 1. The Morgan fingerprint density at radius 2 is 1.80 bits per heavy atom. The molecule has 0 radical (unpaired) electrons. The van der Waals surface area contributed by atoms with Gasteiger partial charge in [-0.3, -0.25) is 5.32 Å². The van der Waals surface area contributed by atoms with Gasteiger partial charge >= 0.3 is 12.1 Å². The van der Waals surface area contributed by atoms with Crippen molar-refractivity contribution < 1.29 is 24.0 Å². The molecule has 3 N–H and O–H groups in total. The number of hydrogen-bond donors (Lipinski definition) is 3. The van der Waals surface area contributed by atoms with Gasteiger partial charge in [-0.15, -0.1) is 0 Å². The number of aromatic nitrogens is 4. The van der Waals surface area contributed by atoms with Crippen LogP contribution in [0.5, 0.6) is 0 Å². The second kappa shape index (κ2) is 13.1. The Bertz CT molecular complexity index is 1610. The van der Waals surface area contributed by atoms with Gasteiger partial charge in [0, 0.05) is 42.5 Å². The molecule has 1 aliphatic heterocycles. The number of nitrogens with zero attached hydrogens (tertiary/aromatic N) is 5. The Kier molecular flexibility index (Phi) is 9.07. The summed E-state index contributed by atoms with van der Waals surface area (Å²) in [5, 5.41) is 19.9. The number of aliphatic carboxylic acids is 1. The topological polar surface area (TPSA) is 156 Å². The fourth-order valence-electron chi connectivity index (χ4n) is 4.96. The van der Waals surface area contributed by atoms with Crippen LogP contribution in [-0.4, -0.2) is 62.0 Å². The zero-order valence-corrected chi connectivity index (χ0v) is 25.3. The number of carboxylic acid groups (broad SMARTS) is 1. The van der Waals surface area contributed by atoms with E-state index in [2.05, 4.69) is 35.6 Å². The summed E-state index contributed by atoms with van der Waals surface area (Å²) in [7, 11) is 0. The van der Waals surface area contributed by atoms with Crippen molar-refractivity contribution in [2.75, 3.05) is 28.6 Å². The van der Waals surface area contributed by atoms with Crippen LogP contribution in [0.4, 0.5) is 22.2 Å². The van der Waals surface area contributed by atoms with Crippen molar-refractivity contribution in [1.29, 1.82) is 0 Å². The van der Waals surface area contributed by atoms with Crippen molar-refractivity contribution >= 4 is 29.5 Å². The van der Waals surface area contributed by atoms with Gasteiger partial charge in [-0.1, -0.05) is 23.4 Å². The van der Waals surface area contributed by atoms with Crippen LogP contribution in [0.25, 0.3) is 22.8 Å². The Morgan fingerprint density at radius 3 is 2.48 bits per heavy atom. The van der Waals surface area contributed by atoms with Crippen LogP contribution in [0.15, 0.2) is 59.3 Å². The quantitative estimate of drug-likeness (QED) is 0.209. The first-order chi connectivity index (χ1) is 21.0. The van der Waals surface area contributed by atoms with Crippen LogP contribution in [0, 0.1) is 6.92 Å². The van der Waals surface area contributed by atoms with Crippen molar-refractivity contribution in [3.63, 3.8) is 0 Å². The molecule has 2 aromatic heterocycles. The van der Waals surface area contributed by atoms with Gasteiger partial charge in [0.15, 0.2) is 0 Å². The van der Waals surface area contributed by atoms with E-state index < -0.39 is 23.7 Å². The molecule has 1 amide bonds. The van der Waals surface area contributed by atoms with Crippen LogP contribution in [0.1, 0.15) is 51.2 Å². The van der Waals surface area contributed by atoms with Gasteiger partial charge in [0.25, 0.3) is 5.89 Å². The summed E-state index contributed by atoms with van der Waals surface area (Å²) in [5.74, 6) is 0.872. The maximum atomic E-state index is 12.2. The highest BCUT2D eigenvalue weighted by Gasteiger charge is 2.21. The van der Waals surface area contributed by atoms with Crippen molar-refractivity contribution in [3.05, 3.63) is 65.9 Å². The lowest BCUT2D eigenvalue weighted by Crippen LogP contribution is -2.33. The first-order valence-electron chi connectivity index (χ1n) is 14.7. The third-order valence-electron chi connectivity index (χ3n) is 7.08. The van der Waals surface area contributed by atoms with Crippen molar-refractivity contribution in [2.45, 2.75) is 65.0 Å². The normalized spacial score (nSPS) is 14.1. The standard InChI is InChI=1S/C32H37N7O5/c1-20-18-21(19-25(29(40)41)35-26-14-15-33-30(36-26)39-16-6-5-7-17-39)8-13-24(20)27-37-28(44-38-27)22-9-11-23(12-10-22)34-31(42)43-32(2,3)4/h8-15,18,25H,5-7,16-17,19H2,1-4H3,(H,34,42)(H,40,41)(H,33,35,36). The predicted octanol–water partition coefficient (Wildman–Crippen LogP) is 5.95. The number of aryl methyl sites for hydroxylation is 1. The summed E-state index contributed by atoms with van der Waals surface area (Å²) in [5.41, 5.74) is 3.17. The van der Waals surface area contributed by atoms with Crippen molar-refractivity contribution in [3.8, 4) is 22.8 Å². The Morgan fingerprint density at radius 1 is 1.05 bits per heavy atom. The number of nitrogens with one attached hydrogen (secondary N) is 2. The molecule has 1 saturated heterocycles. The number of ether oxygens (including phenoxy) is 1. The largest absolute Gasteiger partial charge is 0.480 e. The van der Waals surface area contributed by atoms with Crippen LogP contribution >= 0.6 is 0 Å². The molecule has 44 heavy (non-hydrogen) atoms. The fourth-order valence-corrected chi connectivity index (χ4v) is 4.96. The number of amides is 1. The van der Waals surface area contributed by atoms with Crippen molar-refractivity contribution in [2.24, 2.45) is 0 Å². The zero-order chi connectivity index (χ0) is 31.3. The van der Waals surface area contributed by atoms with Gasteiger partial charge in [-0.25, -0.2) is 14.6 Å². The molecule has 1 atom stereocenters. The van der Waals surface area contributed by atoms with Crippen LogP contribution in [-0.2, 0) is 16.0 Å². The molecule has 1 unspecified atom stereocenters. The first-order valence-corrected chi connectivity index (χ1v) is 14.7. The average Bonchev–Trinajstić information content (AvgIpc) is 3.47. The molecule has 1 aliphatic rings. The lowest BCUT2D eigenvalue weighted by atomic mass is 10.00. The molecule has 0 saturated carbocycles. The minimum atomic E-state index is -0.972. The highest BCUT2D eigenvalue weighted by atomic mass is 16.6. The van der Waals surface area contributed by atoms with E-state index >= 15 is 0 Å². The van der Waals surface area contributed by atoms with E-state index in [0.717, 1.165) is 42.6 Å². The molecule has 5 rings (SSSR count). The molecule has 0 aliphatic carbocycles. The number of benzene rings is 2. The van der Waals surface area contributed by atoms with E-state index in [9.17, 15) is 14.7 Å². The summed E-state index contributed by atoms with van der Waals surface area (Å²) in [6, 6.07) is 13.5. The molecule has 1 fully saturated rings. The predicted molar refractivity (Wildman–Crippen MR) is 167 cm³/mol. The molecule has 12 heteroatoms. The van der Waals surface area contributed by atoms with Crippen molar-refractivity contribution in [1.82, 2.24) is 20.1 Å². The van der Waals surface area contributed by atoms with E-state index in [4.69, 9.17) is 9.26 Å². The molecule has 230 valence electrons. The van der Waals surface area contributed by atoms with Gasteiger partial charge in [-0.05, 0) is 88.4 Å². The summed E-state index contributed by atoms with van der Waals surface area (Å²) in [6.45, 7) is 9.13. The minimum Gasteiger partial charge on any atom is -0.480 e. The molecule has 0 bridgehead atoms. The third kappa shape index (κ3) is 7.88. The molecule has 12 nitrogen and oxygen atoms in total. The van der Waals surface area contributed by atoms with Gasteiger partial charge < -0.3 is 24.6 Å². The molecule has 3 heterocycles. The SMILES string of the molecule is Cc1cc(CC(Nc2ccnc(N3CCCCC3)n2)C(=O)O)ccc1-c1noc(-c2ccc(NC(=O)OC(C)(C)C)cc2)n1.